The van der Waals surface area contributed by atoms with Crippen molar-refractivity contribution in [1.82, 2.24) is 9.38 Å². The molecule has 0 saturated carbocycles. The maximum atomic E-state index is 13.6. The van der Waals surface area contributed by atoms with Crippen LogP contribution in [-0.2, 0) is 16.6 Å². The summed E-state index contributed by atoms with van der Waals surface area (Å²) in [6, 6.07) is 14.5. The molecule has 0 unspecified atom stereocenters. The molecule has 0 aliphatic rings. The molecule has 13 heteroatoms. The van der Waals surface area contributed by atoms with Crippen molar-refractivity contribution in [2.24, 2.45) is 0 Å². The van der Waals surface area contributed by atoms with Gasteiger partial charge in [0, 0.05) is 6.20 Å². The molecule has 36 heavy (non-hydrogen) atoms. The Morgan fingerprint density at radius 3 is 2.25 bits per heavy atom. The van der Waals surface area contributed by atoms with E-state index < -0.39 is 28.1 Å². The third-order valence-electron chi connectivity index (χ3n) is 5.14. The number of carboxylic acid groups (broad SMARTS) is 1. The summed E-state index contributed by atoms with van der Waals surface area (Å²) in [5.74, 6) is -1.80. The molecule has 2 aromatic carbocycles. The van der Waals surface area contributed by atoms with Crippen LogP contribution in [0, 0.1) is 6.92 Å². The topological polar surface area (TPSA) is 104 Å². The molecule has 0 fully saturated rings. The van der Waals surface area contributed by atoms with E-state index in [1.165, 1.54) is 12.1 Å². The summed E-state index contributed by atoms with van der Waals surface area (Å²) in [5, 5.41) is 11.1. The molecule has 8 nitrogen and oxygen atoms in total. The van der Waals surface area contributed by atoms with Gasteiger partial charge in [0.05, 0.1) is 23.1 Å². The minimum atomic E-state index is -4.86. The van der Waals surface area contributed by atoms with Crippen molar-refractivity contribution in [2.75, 3.05) is 4.31 Å². The Bertz CT molecular complexity index is 1490. The molecule has 0 spiro atoms. The summed E-state index contributed by atoms with van der Waals surface area (Å²) >= 11 is 0. The number of hydrogen-bond acceptors (Lipinski definition) is 6. The number of halogens is 3. The van der Waals surface area contributed by atoms with Gasteiger partial charge in [0.15, 0.2) is 5.82 Å². The van der Waals surface area contributed by atoms with Crippen LogP contribution in [0.15, 0.2) is 77.8 Å². The van der Waals surface area contributed by atoms with Crippen molar-refractivity contribution in [3.05, 3.63) is 89.7 Å². The first-order valence-electron chi connectivity index (χ1n) is 10.1. The van der Waals surface area contributed by atoms with Gasteiger partial charge in [-0.25, -0.2) is 17.7 Å². The molecule has 0 amide bonds. The molecule has 4 rings (SSSR count). The zero-order chi connectivity index (χ0) is 25.4. The van der Waals surface area contributed by atoms with Crippen LogP contribution in [0.25, 0.3) is 5.65 Å². The summed E-state index contributed by atoms with van der Waals surface area (Å²) in [7, 11) is -4.27. The smallest absolute Gasteiger partial charge is 0.545 e. The van der Waals surface area contributed by atoms with Crippen molar-refractivity contribution >= 4 is 27.5 Å². The van der Waals surface area contributed by atoms with Crippen LogP contribution in [0.5, 0.6) is 5.75 Å². The molecule has 2 aromatic heterocycles. The second-order valence-electron chi connectivity index (χ2n) is 7.46. The number of fused-ring (bicyclic) bond motifs is 1. The first-order valence-corrected chi connectivity index (χ1v) is 11.5. The van der Waals surface area contributed by atoms with Crippen molar-refractivity contribution < 1.29 is 65.8 Å². The van der Waals surface area contributed by atoms with E-state index in [-0.39, 0.29) is 52.4 Å². The van der Waals surface area contributed by atoms with Crippen LogP contribution in [0.3, 0.4) is 0 Å². The largest absolute Gasteiger partial charge is 1.00 e. The molecule has 0 N–H and O–H groups in total. The summed E-state index contributed by atoms with van der Waals surface area (Å²) in [6.45, 7) is 1.42. The predicted octanol–water partition coefficient (Wildman–Crippen LogP) is 0.304. The van der Waals surface area contributed by atoms with Crippen LogP contribution in [0.4, 0.5) is 19.0 Å². The maximum Gasteiger partial charge on any atom is 1.00 e. The standard InChI is InChI=1S/C23H18F3N3O5S.Na/c1-15-21(27-20-4-2-3-13-28(15)20)29(14-16-5-9-18(10-6-16)34-23(24,25)26)35(32,33)19-11-7-17(8-12-19)22(30)31;/h2-13H,14H2,1H3,(H,30,31);/q;+1/p-1. The number of carbonyl (C=O) groups is 1. The van der Waals surface area contributed by atoms with Crippen molar-refractivity contribution in [3.63, 3.8) is 0 Å². The quantitative estimate of drug-likeness (QED) is 0.321. The second kappa shape index (κ2) is 10.5. The monoisotopic (exact) mass is 527 g/mol. The normalized spacial score (nSPS) is 11.7. The molecule has 0 bridgehead atoms. The zero-order valence-corrected chi connectivity index (χ0v) is 21.9. The van der Waals surface area contributed by atoms with Gasteiger partial charge in [0.25, 0.3) is 10.0 Å². The number of aryl methyl sites for hydroxylation is 1. The molecule has 0 saturated heterocycles. The van der Waals surface area contributed by atoms with Gasteiger partial charge in [-0.3, -0.25) is 0 Å². The van der Waals surface area contributed by atoms with E-state index in [1.807, 2.05) is 0 Å². The number of aromatic carboxylic acids is 1. The van der Waals surface area contributed by atoms with Crippen LogP contribution in [-0.4, -0.2) is 30.1 Å². The molecule has 0 radical (unpaired) electrons. The number of anilines is 1. The number of sulfonamides is 1. The number of rotatable bonds is 7. The van der Waals surface area contributed by atoms with Crippen molar-refractivity contribution in [3.8, 4) is 5.75 Å². The number of aromatic nitrogens is 2. The SMILES string of the molecule is Cc1c(N(Cc2ccc(OC(F)(F)F)cc2)S(=O)(=O)c2ccc(C(=O)[O-])cc2)nc2ccccn12.[Na+]. The molecular formula is C23H17F3N3NaO5S. The fraction of sp³-hybridized carbons (Fsp3) is 0.130. The fourth-order valence-electron chi connectivity index (χ4n) is 3.47. The number of imidazole rings is 1. The van der Waals surface area contributed by atoms with E-state index in [2.05, 4.69) is 9.72 Å². The first kappa shape index (κ1) is 27.5. The molecule has 2 heterocycles. The number of hydrogen-bond donors (Lipinski definition) is 0. The maximum absolute atomic E-state index is 13.6. The number of carboxylic acids is 1. The van der Waals surface area contributed by atoms with Crippen LogP contribution >= 0.6 is 0 Å². The van der Waals surface area contributed by atoms with E-state index in [1.54, 1.807) is 35.7 Å². The summed E-state index contributed by atoms with van der Waals surface area (Å²) in [4.78, 5) is 15.3. The molecular weight excluding hydrogens is 510 g/mol. The Kier molecular flexibility index (Phi) is 8.04. The Hall–Kier alpha value is -3.06. The van der Waals surface area contributed by atoms with E-state index in [9.17, 15) is 31.5 Å². The predicted molar refractivity (Wildman–Crippen MR) is 117 cm³/mol. The van der Waals surface area contributed by atoms with E-state index >= 15 is 0 Å². The van der Waals surface area contributed by atoms with Crippen LogP contribution < -0.4 is 43.7 Å². The second-order valence-corrected chi connectivity index (χ2v) is 9.33. The van der Waals surface area contributed by atoms with E-state index in [0.29, 0.717) is 16.9 Å². The Balaban J connectivity index is 0.00000361. The number of benzene rings is 2. The van der Waals surface area contributed by atoms with E-state index in [0.717, 1.165) is 40.7 Å². The third kappa shape index (κ3) is 5.84. The molecule has 0 aliphatic heterocycles. The molecule has 4 aromatic rings. The van der Waals surface area contributed by atoms with E-state index in [4.69, 9.17) is 0 Å². The van der Waals surface area contributed by atoms with Gasteiger partial charge < -0.3 is 19.0 Å². The zero-order valence-electron chi connectivity index (χ0n) is 19.1. The Labute approximate surface area is 226 Å². The minimum Gasteiger partial charge on any atom is -0.545 e. The molecule has 0 aliphatic carbocycles. The van der Waals surface area contributed by atoms with Crippen LogP contribution in [0.1, 0.15) is 21.6 Å². The average Bonchev–Trinajstić information content (AvgIpc) is 3.13. The van der Waals surface area contributed by atoms with Crippen molar-refractivity contribution in [1.29, 1.82) is 0 Å². The number of ether oxygens (including phenoxy) is 1. The summed E-state index contributed by atoms with van der Waals surface area (Å²) < 4.78 is 71.3. The Morgan fingerprint density at radius 2 is 1.69 bits per heavy atom. The number of nitrogens with zero attached hydrogens (tertiary/aromatic N) is 3. The minimum absolute atomic E-state index is 0. The van der Waals surface area contributed by atoms with Gasteiger partial charge in [0.1, 0.15) is 11.4 Å². The number of alkyl halides is 3. The third-order valence-corrected chi connectivity index (χ3v) is 6.89. The Morgan fingerprint density at radius 1 is 1.06 bits per heavy atom. The van der Waals surface area contributed by atoms with Gasteiger partial charge in [0.2, 0.25) is 0 Å². The summed E-state index contributed by atoms with van der Waals surface area (Å²) in [6.07, 6.45) is -3.15. The first-order chi connectivity index (χ1) is 16.5. The average molecular weight is 527 g/mol. The number of carbonyl (C=O) groups excluding carboxylic acids is 1. The number of pyridine rings is 1. The van der Waals surface area contributed by atoms with Gasteiger partial charge in [-0.2, -0.15) is 0 Å². The summed E-state index contributed by atoms with van der Waals surface area (Å²) in [5.41, 5.74) is 1.17. The van der Waals surface area contributed by atoms with Gasteiger partial charge in [-0.15, -0.1) is 13.2 Å². The van der Waals surface area contributed by atoms with Gasteiger partial charge in [-0.1, -0.05) is 30.3 Å². The molecule has 182 valence electrons. The molecule has 0 atom stereocenters. The van der Waals surface area contributed by atoms with Gasteiger partial charge in [-0.05, 0) is 54.4 Å². The van der Waals surface area contributed by atoms with Crippen molar-refractivity contribution in [2.45, 2.75) is 24.7 Å². The fourth-order valence-corrected chi connectivity index (χ4v) is 4.92. The van der Waals surface area contributed by atoms with Gasteiger partial charge >= 0.3 is 35.9 Å². The van der Waals surface area contributed by atoms with Crippen LogP contribution in [0.2, 0.25) is 0 Å².